The molecule has 0 amide bonds. The summed E-state index contributed by atoms with van der Waals surface area (Å²) in [5.74, 6) is 0.551. The Balaban J connectivity index is 1.82. The Kier molecular flexibility index (Phi) is 5.70. The van der Waals surface area contributed by atoms with Crippen LogP contribution in [0.5, 0.6) is 0 Å². The van der Waals surface area contributed by atoms with Crippen molar-refractivity contribution in [3.05, 3.63) is 12.7 Å². The Hall–Kier alpha value is -1.03. The van der Waals surface area contributed by atoms with E-state index in [4.69, 9.17) is 5.73 Å². The minimum absolute atomic E-state index is 0.551. The molecule has 4 heteroatoms. The third kappa shape index (κ3) is 4.23. The first-order chi connectivity index (χ1) is 9.31. The van der Waals surface area contributed by atoms with Gasteiger partial charge in [-0.2, -0.15) is 0 Å². The van der Waals surface area contributed by atoms with E-state index in [1.54, 1.807) is 6.08 Å². The molecule has 1 aliphatic heterocycles. The van der Waals surface area contributed by atoms with Crippen molar-refractivity contribution < 1.29 is 0 Å². The minimum atomic E-state index is 0.551. The highest BCUT2D eigenvalue weighted by molar-refractivity contribution is 5.77. The van der Waals surface area contributed by atoms with Gasteiger partial charge >= 0.3 is 0 Å². The van der Waals surface area contributed by atoms with E-state index in [-0.39, 0.29) is 0 Å². The number of guanidine groups is 1. The lowest BCUT2D eigenvalue weighted by atomic mass is 9.94. The van der Waals surface area contributed by atoms with Crippen molar-refractivity contribution in [3.63, 3.8) is 0 Å². The van der Waals surface area contributed by atoms with Crippen molar-refractivity contribution in [2.45, 2.75) is 57.0 Å². The van der Waals surface area contributed by atoms with E-state index in [0.29, 0.717) is 18.5 Å². The monoisotopic (exact) mass is 264 g/mol. The second-order valence-electron chi connectivity index (χ2n) is 5.72. The van der Waals surface area contributed by atoms with Gasteiger partial charge in [0.05, 0.1) is 6.54 Å². The molecular formula is C15H28N4. The highest BCUT2D eigenvalue weighted by Gasteiger charge is 2.31. The molecule has 1 atom stereocenters. The summed E-state index contributed by atoms with van der Waals surface area (Å²) >= 11 is 0. The van der Waals surface area contributed by atoms with Crippen molar-refractivity contribution in [2.75, 3.05) is 19.6 Å². The van der Waals surface area contributed by atoms with Crippen molar-refractivity contribution >= 4 is 5.96 Å². The molecular weight excluding hydrogens is 236 g/mol. The van der Waals surface area contributed by atoms with Crippen LogP contribution in [0.4, 0.5) is 0 Å². The summed E-state index contributed by atoms with van der Waals surface area (Å²) in [5, 5.41) is 3.04. The maximum atomic E-state index is 5.83. The zero-order valence-corrected chi connectivity index (χ0v) is 12.0. The molecule has 2 rings (SSSR count). The average molecular weight is 264 g/mol. The molecule has 2 fully saturated rings. The van der Waals surface area contributed by atoms with Gasteiger partial charge in [-0.15, -0.1) is 6.58 Å². The van der Waals surface area contributed by atoms with E-state index in [2.05, 4.69) is 21.8 Å². The van der Waals surface area contributed by atoms with Crippen molar-refractivity contribution in [1.29, 1.82) is 0 Å². The second kappa shape index (κ2) is 7.53. The third-order valence-corrected chi connectivity index (χ3v) is 4.37. The molecule has 0 aromatic heterocycles. The SMILES string of the molecule is C=CCNC(N)=NCC1CCCN1C1CCCCC1. The highest BCUT2D eigenvalue weighted by Crippen LogP contribution is 2.29. The Morgan fingerprint density at radius 2 is 2.05 bits per heavy atom. The fourth-order valence-corrected chi connectivity index (χ4v) is 3.38. The van der Waals surface area contributed by atoms with E-state index in [0.717, 1.165) is 12.6 Å². The molecule has 1 saturated carbocycles. The zero-order valence-electron chi connectivity index (χ0n) is 12.0. The molecule has 0 aromatic carbocycles. The largest absolute Gasteiger partial charge is 0.370 e. The van der Waals surface area contributed by atoms with Crippen LogP contribution in [0.25, 0.3) is 0 Å². The molecule has 1 aliphatic carbocycles. The van der Waals surface area contributed by atoms with Crippen LogP contribution in [0.15, 0.2) is 17.6 Å². The Morgan fingerprint density at radius 1 is 1.26 bits per heavy atom. The maximum absolute atomic E-state index is 5.83. The van der Waals surface area contributed by atoms with Crippen molar-refractivity contribution in [3.8, 4) is 0 Å². The number of nitrogens with zero attached hydrogens (tertiary/aromatic N) is 2. The number of rotatable bonds is 5. The third-order valence-electron chi connectivity index (χ3n) is 4.37. The van der Waals surface area contributed by atoms with Crippen LogP contribution >= 0.6 is 0 Å². The molecule has 4 nitrogen and oxygen atoms in total. The summed E-state index contributed by atoms with van der Waals surface area (Å²) in [6.07, 6.45) is 11.4. The fourth-order valence-electron chi connectivity index (χ4n) is 3.38. The number of hydrogen-bond donors (Lipinski definition) is 2. The lowest BCUT2D eigenvalue weighted by Crippen LogP contribution is -2.42. The molecule has 1 unspecified atom stereocenters. The van der Waals surface area contributed by atoms with Gasteiger partial charge in [0, 0.05) is 18.6 Å². The summed E-state index contributed by atoms with van der Waals surface area (Å²) in [6.45, 7) is 6.44. The summed E-state index contributed by atoms with van der Waals surface area (Å²) in [4.78, 5) is 7.18. The molecule has 0 spiro atoms. The summed E-state index contributed by atoms with van der Waals surface area (Å²) in [5.41, 5.74) is 5.83. The number of hydrogen-bond acceptors (Lipinski definition) is 2. The predicted octanol–water partition coefficient (Wildman–Crippen LogP) is 1.87. The second-order valence-corrected chi connectivity index (χ2v) is 5.72. The summed E-state index contributed by atoms with van der Waals surface area (Å²) < 4.78 is 0. The van der Waals surface area contributed by atoms with Gasteiger partial charge in [0.1, 0.15) is 0 Å². The van der Waals surface area contributed by atoms with E-state index < -0.39 is 0 Å². The van der Waals surface area contributed by atoms with Crippen LogP contribution in [0, 0.1) is 0 Å². The van der Waals surface area contributed by atoms with Gasteiger partial charge in [-0.25, -0.2) is 0 Å². The van der Waals surface area contributed by atoms with Gasteiger partial charge in [0.25, 0.3) is 0 Å². The van der Waals surface area contributed by atoms with Crippen LogP contribution in [-0.4, -0.2) is 42.6 Å². The number of likely N-dealkylation sites (tertiary alicyclic amines) is 1. The predicted molar refractivity (Wildman–Crippen MR) is 81.3 cm³/mol. The number of aliphatic imine (C=N–C) groups is 1. The molecule has 1 heterocycles. The summed E-state index contributed by atoms with van der Waals surface area (Å²) in [6, 6.07) is 1.41. The van der Waals surface area contributed by atoms with Crippen LogP contribution in [0.2, 0.25) is 0 Å². The van der Waals surface area contributed by atoms with E-state index in [1.807, 2.05) is 0 Å². The first kappa shape index (κ1) is 14.4. The molecule has 0 aromatic rings. The highest BCUT2D eigenvalue weighted by atomic mass is 15.2. The van der Waals surface area contributed by atoms with Gasteiger partial charge in [-0.05, 0) is 32.2 Å². The standard InChI is InChI=1S/C15H28N4/c1-2-10-17-15(16)18-12-14-9-6-11-19(14)13-7-4-3-5-8-13/h2,13-14H,1,3-12H2,(H3,16,17,18). The Labute approximate surface area is 117 Å². The van der Waals surface area contributed by atoms with Crippen molar-refractivity contribution in [2.24, 2.45) is 10.7 Å². The maximum Gasteiger partial charge on any atom is 0.188 e. The topological polar surface area (TPSA) is 53.6 Å². The average Bonchev–Trinajstić information content (AvgIpc) is 2.92. The van der Waals surface area contributed by atoms with Crippen LogP contribution in [-0.2, 0) is 0 Å². The molecule has 1 saturated heterocycles. The molecule has 108 valence electrons. The normalized spacial score (nSPS) is 26.5. The number of nitrogens with one attached hydrogen (secondary N) is 1. The van der Waals surface area contributed by atoms with Gasteiger partial charge < -0.3 is 11.1 Å². The Bertz CT molecular complexity index is 307. The zero-order chi connectivity index (χ0) is 13.5. The minimum Gasteiger partial charge on any atom is -0.370 e. The Morgan fingerprint density at radius 3 is 2.79 bits per heavy atom. The lowest BCUT2D eigenvalue weighted by molar-refractivity contribution is 0.145. The van der Waals surface area contributed by atoms with Gasteiger partial charge in [-0.1, -0.05) is 25.3 Å². The van der Waals surface area contributed by atoms with E-state index in [9.17, 15) is 0 Å². The fraction of sp³-hybridized carbons (Fsp3) is 0.800. The molecule has 3 N–H and O–H groups in total. The van der Waals surface area contributed by atoms with Crippen LogP contribution in [0.1, 0.15) is 44.9 Å². The molecule has 0 radical (unpaired) electrons. The van der Waals surface area contributed by atoms with E-state index >= 15 is 0 Å². The quantitative estimate of drug-likeness (QED) is 0.453. The lowest BCUT2D eigenvalue weighted by Gasteiger charge is -2.35. The molecule has 0 bridgehead atoms. The first-order valence-corrected chi connectivity index (χ1v) is 7.71. The summed E-state index contributed by atoms with van der Waals surface area (Å²) in [7, 11) is 0. The number of nitrogens with two attached hydrogens (primary N) is 1. The van der Waals surface area contributed by atoms with Gasteiger partial charge in [-0.3, -0.25) is 9.89 Å². The van der Waals surface area contributed by atoms with Crippen molar-refractivity contribution in [1.82, 2.24) is 10.2 Å². The van der Waals surface area contributed by atoms with Gasteiger partial charge in [0.15, 0.2) is 5.96 Å². The van der Waals surface area contributed by atoms with Gasteiger partial charge in [0.2, 0.25) is 0 Å². The smallest absolute Gasteiger partial charge is 0.188 e. The first-order valence-electron chi connectivity index (χ1n) is 7.71. The van der Waals surface area contributed by atoms with Crippen LogP contribution in [0.3, 0.4) is 0 Å². The van der Waals surface area contributed by atoms with Crippen LogP contribution < -0.4 is 11.1 Å². The van der Waals surface area contributed by atoms with E-state index in [1.165, 1.54) is 51.5 Å². The molecule has 2 aliphatic rings. The molecule has 19 heavy (non-hydrogen) atoms.